The van der Waals surface area contributed by atoms with Gasteiger partial charge in [0, 0.05) is 25.2 Å². The van der Waals surface area contributed by atoms with Crippen LogP contribution in [0.3, 0.4) is 0 Å². The minimum atomic E-state index is 1.10. The Labute approximate surface area is 147 Å². The number of rotatable bonds is 9. The van der Waals surface area contributed by atoms with Gasteiger partial charge in [0.1, 0.15) is 0 Å². The van der Waals surface area contributed by atoms with E-state index in [1.165, 1.54) is 74.0 Å². The van der Waals surface area contributed by atoms with Crippen LogP contribution in [0.1, 0.15) is 63.5 Å². The molecule has 0 fully saturated rings. The van der Waals surface area contributed by atoms with Gasteiger partial charge in [0.05, 0.1) is 0 Å². The summed E-state index contributed by atoms with van der Waals surface area (Å²) in [6.45, 7) is 6.98. The van der Waals surface area contributed by atoms with Crippen LogP contribution >= 0.6 is 0 Å². The molecule has 0 aromatic heterocycles. The van der Waals surface area contributed by atoms with Crippen LogP contribution in [-0.2, 0) is 6.42 Å². The number of hydrogen-bond donors (Lipinski definition) is 0. The van der Waals surface area contributed by atoms with Crippen molar-refractivity contribution in [3.63, 3.8) is 0 Å². The molecule has 1 aliphatic rings. The van der Waals surface area contributed by atoms with Crippen LogP contribution in [0, 0.1) is 0 Å². The molecular formula is C23H31N. The highest BCUT2D eigenvalue weighted by Gasteiger charge is 2.22. The summed E-state index contributed by atoms with van der Waals surface area (Å²) >= 11 is 0. The van der Waals surface area contributed by atoms with E-state index >= 15 is 0 Å². The molecule has 24 heavy (non-hydrogen) atoms. The smallest absolute Gasteiger partial charge is 0.0408 e. The monoisotopic (exact) mass is 321 g/mol. The Bertz CT molecular complexity index is 649. The highest BCUT2D eigenvalue weighted by molar-refractivity contribution is 5.82. The number of hydrogen-bond acceptors (Lipinski definition) is 1. The minimum absolute atomic E-state index is 1.10. The molecule has 2 aromatic carbocycles. The van der Waals surface area contributed by atoms with Crippen LogP contribution in [0.4, 0.5) is 5.69 Å². The van der Waals surface area contributed by atoms with Crippen molar-refractivity contribution in [1.82, 2.24) is 0 Å². The molecular weight excluding hydrogens is 290 g/mol. The van der Waals surface area contributed by atoms with Crippen molar-refractivity contribution in [3.8, 4) is 11.1 Å². The van der Waals surface area contributed by atoms with Crippen molar-refractivity contribution >= 4 is 5.69 Å². The van der Waals surface area contributed by atoms with Crippen molar-refractivity contribution in [2.75, 3.05) is 18.0 Å². The second-order valence-electron chi connectivity index (χ2n) is 7.04. The van der Waals surface area contributed by atoms with Gasteiger partial charge in [-0.3, -0.25) is 0 Å². The lowest BCUT2D eigenvalue weighted by Gasteiger charge is -2.27. The van der Waals surface area contributed by atoms with Gasteiger partial charge in [0.15, 0.2) is 0 Å². The number of unbranched alkanes of at least 4 members (excludes halogenated alkanes) is 4. The molecule has 0 amide bonds. The van der Waals surface area contributed by atoms with Gasteiger partial charge in [-0.1, -0.05) is 75.9 Å². The Kier molecular flexibility index (Phi) is 5.96. The van der Waals surface area contributed by atoms with Gasteiger partial charge in [-0.05, 0) is 41.2 Å². The summed E-state index contributed by atoms with van der Waals surface area (Å²) in [5.74, 6) is 0. The molecule has 0 bridgehead atoms. The highest BCUT2D eigenvalue weighted by Crippen LogP contribution is 2.41. The van der Waals surface area contributed by atoms with Crippen molar-refractivity contribution in [2.24, 2.45) is 0 Å². The summed E-state index contributed by atoms with van der Waals surface area (Å²) in [6.07, 6.45) is 8.96. The third-order valence-electron chi connectivity index (χ3n) is 5.23. The molecule has 1 aliphatic carbocycles. The van der Waals surface area contributed by atoms with Crippen LogP contribution in [0.5, 0.6) is 0 Å². The molecule has 0 N–H and O–H groups in total. The van der Waals surface area contributed by atoms with Crippen molar-refractivity contribution in [2.45, 2.75) is 58.8 Å². The topological polar surface area (TPSA) is 3.24 Å². The predicted molar refractivity (Wildman–Crippen MR) is 106 cm³/mol. The third-order valence-corrected chi connectivity index (χ3v) is 5.23. The number of fused-ring (bicyclic) bond motifs is 3. The maximum absolute atomic E-state index is 2.66. The predicted octanol–water partition coefficient (Wildman–Crippen LogP) is 6.44. The first-order chi connectivity index (χ1) is 11.8. The maximum atomic E-state index is 2.66. The largest absolute Gasteiger partial charge is 0.371 e. The van der Waals surface area contributed by atoms with Crippen LogP contribution < -0.4 is 4.90 Å². The van der Waals surface area contributed by atoms with E-state index in [-0.39, 0.29) is 0 Å². The average Bonchev–Trinajstić information content (AvgIpc) is 2.99. The van der Waals surface area contributed by atoms with Crippen LogP contribution in [0.2, 0.25) is 0 Å². The van der Waals surface area contributed by atoms with E-state index in [9.17, 15) is 0 Å². The van der Waals surface area contributed by atoms with Gasteiger partial charge in [-0.15, -0.1) is 0 Å². The molecule has 0 aliphatic heterocycles. The summed E-state index contributed by atoms with van der Waals surface area (Å²) in [6, 6.07) is 15.8. The van der Waals surface area contributed by atoms with E-state index in [0.717, 1.165) is 6.42 Å². The van der Waals surface area contributed by atoms with Gasteiger partial charge in [-0.2, -0.15) is 0 Å². The molecule has 0 saturated carbocycles. The summed E-state index contributed by atoms with van der Waals surface area (Å²) in [4.78, 5) is 2.66. The first-order valence-electron chi connectivity index (χ1n) is 9.80. The van der Waals surface area contributed by atoms with E-state index in [4.69, 9.17) is 0 Å². The molecule has 3 rings (SSSR count). The Morgan fingerprint density at radius 3 is 2.12 bits per heavy atom. The fourth-order valence-corrected chi connectivity index (χ4v) is 3.89. The van der Waals surface area contributed by atoms with Gasteiger partial charge in [-0.25, -0.2) is 0 Å². The lowest BCUT2D eigenvalue weighted by atomic mass is 10.0. The molecule has 0 spiro atoms. The van der Waals surface area contributed by atoms with Gasteiger partial charge < -0.3 is 4.90 Å². The number of benzene rings is 2. The lowest BCUT2D eigenvalue weighted by Crippen LogP contribution is -2.26. The van der Waals surface area contributed by atoms with Crippen molar-refractivity contribution in [1.29, 1.82) is 0 Å². The second kappa shape index (κ2) is 8.37. The number of anilines is 1. The minimum Gasteiger partial charge on any atom is -0.371 e. The Morgan fingerprint density at radius 1 is 0.750 bits per heavy atom. The summed E-state index contributed by atoms with van der Waals surface area (Å²) in [5.41, 5.74) is 7.42. The first kappa shape index (κ1) is 17.1. The second-order valence-corrected chi connectivity index (χ2v) is 7.04. The highest BCUT2D eigenvalue weighted by atomic mass is 15.1. The van der Waals surface area contributed by atoms with Gasteiger partial charge in [0.25, 0.3) is 0 Å². The van der Waals surface area contributed by atoms with E-state index in [2.05, 4.69) is 61.2 Å². The van der Waals surface area contributed by atoms with Gasteiger partial charge >= 0.3 is 0 Å². The summed E-state index contributed by atoms with van der Waals surface area (Å²) < 4.78 is 0. The van der Waals surface area contributed by atoms with E-state index < -0.39 is 0 Å². The van der Waals surface area contributed by atoms with Crippen LogP contribution in [0.15, 0.2) is 42.5 Å². The summed E-state index contributed by atoms with van der Waals surface area (Å²) in [7, 11) is 0. The molecule has 0 saturated heterocycles. The van der Waals surface area contributed by atoms with Gasteiger partial charge in [0.2, 0.25) is 0 Å². The molecule has 0 radical (unpaired) electrons. The van der Waals surface area contributed by atoms with Crippen molar-refractivity contribution in [3.05, 3.63) is 53.6 Å². The zero-order valence-corrected chi connectivity index (χ0v) is 15.4. The van der Waals surface area contributed by atoms with E-state index in [0.29, 0.717) is 0 Å². The quantitative estimate of drug-likeness (QED) is 0.410. The maximum Gasteiger partial charge on any atom is 0.0408 e. The normalized spacial score (nSPS) is 12.1. The van der Waals surface area contributed by atoms with E-state index in [1.54, 1.807) is 5.56 Å². The van der Waals surface area contributed by atoms with Crippen molar-refractivity contribution < 1.29 is 0 Å². The molecule has 1 heteroatoms. The molecule has 0 atom stereocenters. The van der Waals surface area contributed by atoms with E-state index in [1.807, 2.05) is 0 Å². The molecule has 0 unspecified atom stereocenters. The Hall–Kier alpha value is -1.76. The number of nitrogens with zero attached hydrogens (tertiary/aromatic N) is 1. The standard InChI is InChI=1S/C23H31N/c1-3-5-9-16-24(17-10-6-4-2)23-15-11-14-21-20-13-8-7-12-19(20)18-22(21)23/h7-8,11-15H,3-6,9-10,16-18H2,1-2H3. The third kappa shape index (κ3) is 3.66. The fraction of sp³-hybridized carbons (Fsp3) is 0.478. The Morgan fingerprint density at radius 2 is 1.42 bits per heavy atom. The van der Waals surface area contributed by atoms with Crippen LogP contribution in [0.25, 0.3) is 11.1 Å². The molecule has 128 valence electrons. The average molecular weight is 322 g/mol. The molecule has 1 nitrogen and oxygen atoms in total. The van der Waals surface area contributed by atoms with Crippen LogP contribution in [-0.4, -0.2) is 13.1 Å². The first-order valence-corrected chi connectivity index (χ1v) is 9.80. The zero-order valence-electron chi connectivity index (χ0n) is 15.4. The molecule has 2 aromatic rings. The SMILES string of the molecule is CCCCCN(CCCCC)c1cccc2c1Cc1ccccc1-2. The summed E-state index contributed by atoms with van der Waals surface area (Å²) in [5, 5.41) is 0. The molecule has 0 heterocycles. The Balaban J connectivity index is 1.85. The zero-order chi connectivity index (χ0) is 16.8. The lowest BCUT2D eigenvalue weighted by molar-refractivity contribution is 0.635. The fourth-order valence-electron chi connectivity index (χ4n) is 3.89.